The van der Waals surface area contributed by atoms with E-state index in [0.29, 0.717) is 31.6 Å². The molecule has 2 heterocycles. The third kappa shape index (κ3) is 3.40. The second-order valence-electron chi connectivity index (χ2n) is 6.53. The first-order valence-corrected chi connectivity index (χ1v) is 8.88. The lowest BCUT2D eigenvalue weighted by Crippen LogP contribution is -2.42. The fraction of sp³-hybridized carbons (Fsp3) is 0.250. The Balaban J connectivity index is 1.53. The predicted molar refractivity (Wildman–Crippen MR) is 97.8 cm³/mol. The number of halogens is 1. The van der Waals surface area contributed by atoms with Gasteiger partial charge in [-0.3, -0.25) is 9.36 Å². The largest absolute Gasteiger partial charge is 0.346 e. The van der Waals surface area contributed by atoms with Crippen molar-refractivity contribution >= 4 is 5.91 Å². The van der Waals surface area contributed by atoms with E-state index in [-0.39, 0.29) is 29.8 Å². The molecule has 6 nitrogen and oxygen atoms in total. The molecule has 0 atom stereocenters. The van der Waals surface area contributed by atoms with Gasteiger partial charge >= 0.3 is 5.69 Å². The van der Waals surface area contributed by atoms with Gasteiger partial charge in [-0.05, 0) is 18.1 Å². The molecule has 3 aromatic rings. The Bertz CT molecular complexity index is 1030. The second kappa shape index (κ2) is 7.19. The fourth-order valence-corrected chi connectivity index (χ4v) is 3.27. The van der Waals surface area contributed by atoms with E-state index in [1.54, 1.807) is 18.2 Å². The Labute approximate surface area is 155 Å². The molecule has 0 aliphatic carbocycles. The zero-order valence-corrected chi connectivity index (χ0v) is 14.7. The van der Waals surface area contributed by atoms with E-state index >= 15 is 0 Å². The van der Waals surface area contributed by atoms with Gasteiger partial charge in [0.15, 0.2) is 0 Å². The Morgan fingerprint density at radius 3 is 2.48 bits per heavy atom. The molecule has 1 aromatic heterocycles. The maximum atomic E-state index is 13.9. The number of carbonyl (C=O) groups is 1. The normalized spacial score (nSPS) is 13.7. The van der Waals surface area contributed by atoms with Crippen LogP contribution in [0.25, 0.3) is 0 Å². The highest BCUT2D eigenvalue weighted by atomic mass is 19.1. The van der Waals surface area contributed by atoms with E-state index in [9.17, 15) is 14.0 Å². The lowest BCUT2D eigenvalue weighted by molar-refractivity contribution is 0.0679. The Hall–Kier alpha value is -3.22. The average Bonchev–Trinajstić information content (AvgIpc) is 3.01. The summed E-state index contributed by atoms with van der Waals surface area (Å²) >= 11 is 0. The van der Waals surface area contributed by atoms with Crippen LogP contribution in [0.4, 0.5) is 4.39 Å². The monoisotopic (exact) mass is 366 g/mol. The van der Waals surface area contributed by atoms with Gasteiger partial charge in [0.25, 0.3) is 5.91 Å². The number of rotatable bonds is 5. The van der Waals surface area contributed by atoms with E-state index in [1.807, 2.05) is 30.3 Å². The second-order valence-corrected chi connectivity index (χ2v) is 6.53. The van der Waals surface area contributed by atoms with E-state index < -0.39 is 0 Å². The first-order chi connectivity index (χ1) is 13.1. The van der Waals surface area contributed by atoms with Crippen molar-refractivity contribution in [3.63, 3.8) is 0 Å². The molecule has 0 saturated heterocycles. The van der Waals surface area contributed by atoms with E-state index in [1.165, 1.54) is 20.2 Å². The summed E-state index contributed by atoms with van der Waals surface area (Å²) < 4.78 is 16.6. The van der Waals surface area contributed by atoms with Crippen LogP contribution in [0.15, 0.2) is 59.4 Å². The van der Waals surface area contributed by atoms with Crippen molar-refractivity contribution in [2.75, 3.05) is 6.54 Å². The molecule has 27 heavy (non-hydrogen) atoms. The topological polar surface area (TPSA) is 60.1 Å². The molecule has 0 saturated carbocycles. The zero-order valence-electron chi connectivity index (χ0n) is 14.7. The quantitative estimate of drug-likeness (QED) is 0.695. The summed E-state index contributed by atoms with van der Waals surface area (Å²) in [5.41, 5.74) is 1.27. The average molecular weight is 366 g/mol. The number of hydrogen-bond acceptors (Lipinski definition) is 3. The summed E-state index contributed by atoms with van der Waals surface area (Å²) in [4.78, 5) is 26.8. The molecule has 0 N–H and O–H groups in total. The lowest BCUT2D eigenvalue weighted by Gasteiger charge is -2.26. The lowest BCUT2D eigenvalue weighted by atomic mass is 10.2. The van der Waals surface area contributed by atoms with Crippen LogP contribution >= 0.6 is 0 Å². The third-order valence-corrected chi connectivity index (χ3v) is 4.77. The van der Waals surface area contributed by atoms with Crippen LogP contribution in [-0.4, -0.2) is 31.7 Å². The summed E-state index contributed by atoms with van der Waals surface area (Å²) in [5.74, 6) is -0.572. The van der Waals surface area contributed by atoms with Gasteiger partial charge in [0.2, 0.25) is 5.82 Å². The molecule has 1 aliphatic rings. The van der Waals surface area contributed by atoms with Crippen molar-refractivity contribution in [1.82, 2.24) is 19.2 Å². The molecule has 0 spiro atoms. The summed E-state index contributed by atoms with van der Waals surface area (Å²) in [6.45, 7) is 1.28. The van der Waals surface area contributed by atoms with Gasteiger partial charge in [0.05, 0.1) is 6.54 Å². The Kier molecular flexibility index (Phi) is 4.58. The van der Waals surface area contributed by atoms with Gasteiger partial charge in [-0.15, -0.1) is 5.10 Å². The van der Waals surface area contributed by atoms with Crippen molar-refractivity contribution in [2.24, 2.45) is 0 Å². The number of benzene rings is 2. The first-order valence-electron chi connectivity index (χ1n) is 8.88. The van der Waals surface area contributed by atoms with Gasteiger partial charge in [0.1, 0.15) is 5.82 Å². The maximum Gasteiger partial charge on any atom is 0.346 e. The van der Waals surface area contributed by atoms with E-state index in [4.69, 9.17) is 0 Å². The first kappa shape index (κ1) is 17.2. The van der Waals surface area contributed by atoms with E-state index in [0.717, 1.165) is 5.56 Å². The van der Waals surface area contributed by atoms with E-state index in [2.05, 4.69) is 5.10 Å². The number of carbonyl (C=O) groups excluding carboxylic acids is 1. The molecule has 0 bridgehead atoms. The van der Waals surface area contributed by atoms with Crippen LogP contribution < -0.4 is 5.69 Å². The van der Waals surface area contributed by atoms with Crippen LogP contribution in [0.3, 0.4) is 0 Å². The van der Waals surface area contributed by atoms with Crippen LogP contribution in [0.5, 0.6) is 0 Å². The standard InChI is InChI=1S/C20H19FN4O2/c21-17-9-5-4-8-16(17)14-23-12-13-24-18(19(23)26)22-25(20(24)27)11-10-15-6-2-1-3-7-15/h1-9H,10-14H2. The molecule has 0 fully saturated rings. The predicted octanol–water partition coefficient (Wildman–Crippen LogP) is 2.08. The van der Waals surface area contributed by atoms with Crippen molar-refractivity contribution in [3.05, 3.63) is 87.9 Å². The smallest absolute Gasteiger partial charge is 0.330 e. The van der Waals surface area contributed by atoms with Crippen LogP contribution in [-0.2, 0) is 26.1 Å². The summed E-state index contributed by atoms with van der Waals surface area (Å²) in [6, 6.07) is 16.2. The third-order valence-electron chi connectivity index (χ3n) is 4.77. The maximum absolute atomic E-state index is 13.9. The van der Waals surface area contributed by atoms with Crippen LogP contribution in [0.2, 0.25) is 0 Å². The number of aromatic nitrogens is 3. The van der Waals surface area contributed by atoms with Gasteiger partial charge in [-0.25, -0.2) is 13.9 Å². The minimum absolute atomic E-state index is 0.121. The molecular weight excluding hydrogens is 347 g/mol. The molecule has 138 valence electrons. The molecular formula is C20H19FN4O2. The highest BCUT2D eigenvalue weighted by Gasteiger charge is 2.29. The van der Waals surface area contributed by atoms with Gasteiger partial charge < -0.3 is 4.90 Å². The minimum Gasteiger partial charge on any atom is -0.330 e. The van der Waals surface area contributed by atoms with Crippen molar-refractivity contribution in [3.8, 4) is 0 Å². The van der Waals surface area contributed by atoms with Gasteiger partial charge in [0, 0.05) is 25.2 Å². The molecule has 1 amide bonds. The number of nitrogens with zero attached hydrogens (tertiary/aromatic N) is 4. The minimum atomic E-state index is -0.347. The number of hydrogen-bond donors (Lipinski definition) is 0. The molecule has 0 unspecified atom stereocenters. The van der Waals surface area contributed by atoms with Crippen molar-refractivity contribution in [2.45, 2.75) is 26.1 Å². The van der Waals surface area contributed by atoms with Crippen LogP contribution in [0.1, 0.15) is 21.7 Å². The Morgan fingerprint density at radius 2 is 1.70 bits per heavy atom. The molecule has 0 radical (unpaired) electrons. The SMILES string of the molecule is O=C1c2nn(CCc3ccccc3)c(=O)n2CCN1Cc1ccccc1F. The highest BCUT2D eigenvalue weighted by molar-refractivity contribution is 5.91. The van der Waals surface area contributed by atoms with Gasteiger partial charge in [-0.1, -0.05) is 48.5 Å². The van der Waals surface area contributed by atoms with Gasteiger partial charge in [-0.2, -0.15) is 0 Å². The zero-order chi connectivity index (χ0) is 18.8. The summed E-state index contributed by atoms with van der Waals surface area (Å²) in [5, 5.41) is 4.24. The van der Waals surface area contributed by atoms with Crippen molar-refractivity contribution in [1.29, 1.82) is 0 Å². The number of aryl methyl sites for hydroxylation is 2. The van der Waals surface area contributed by atoms with Crippen molar-refractivity contribution < 1.29 is 9.18 Å². The number of amides is 1. The molecule has 4 rings (SSSR count). The summed E-state index contributed by atoms with van der Waals surface area (Å²) in [7, 11) is 0. The molecule has 2 aromatic carbocycles. The Morgan fingerprint density at radius 1 is 0.963 bits per heavy atom. The molecule has 7 heteroatoms. The van der Waals surface area contributed by atoms with Crippen LogP contribution in [0, 0.1) is 5.82 Å². The summed E-state index contributed by atoms with van der Waals surface area (Å²) in [6.07, 6.45) is 0.657. The fourth-order valence-electron chi connectivity index (χ4n) is 3.27. The molecule has 1 aliphatic heterocycles. The number of fused-ring (bicyclic) bond motifs is 1. The highest BCUT2D eigenvalue weighted by Crippen LogP contribution is 2.15.